The highest BCUT2D eigenvalue weighted by Crippen LogP contribution is 2.28. The molecule has 0 aliphatic carbocycles. The molecule has 1 heterocycles. The molecule has 1 rings (SSSR count). The van der Waals surface area contributed by atoms with Crippen molar-refractivity contribution in [2.75, 3.05) is 25.9 Å². The Morgan fingerprint density at radius 1 is 1.56 bits per heavy atom. The number of likely N-dealkylation sites (tertiary alicyclic amines) is 1. The highest BCUT2D eigenvalue weighted by molar-refractivity contribution is 7.88. The van der Waals surface area contributed by atoms with Gasteiger partial charge in [-0.2, -0.15) is 0 Å². The van der Waals surface area contributed by atoms with Gasteiger partial charge in [0.1, 0.15) is 0 Å². The zero-order chi connectivity index (χ0) is 12.4. The normalized spacial score (nSPS) is 26.8. The average molecular weight is 250 g/mol. The van der Waals surface area contributed by atoms with Gasteiger partial charge in [-0.1, -0.05) is 6.92 Å². The fraction of sp³-hybridized carbons (Fsp3) is 0.889. The van der Waals surface area contributed by atoms with Crippen LogP contribution in [0.15, 0.2) is 0 Å². The Labute approximate surface area is 95.7 Å². The van der Waals surface area contributed by atoms with Gasteiger partial charge < -0.3 is 10.0 Å². The minimum atomic E-state index is -3.22. The van der Waals surface area contributed by atoms with E-state index in [9.17, 15) is 13.2 Å². The molecule has 0 bridgehead atoms. The number of hydrogen-bond donors (Lipinski definition) is 2. The standard InChI is InChI=1S/C9H18N2O4S/c1-9(6-10-16(2,14)15)4-3-5-11(7-9)8(12)13/h10H,3-7H2,1-2H3,(H,12,13). The highest BCUT2D eigenvalue weighted by Gasteiger charge is 2.33. The van der Waals surface area contributed by atoms with E-state index >= 15 is 0 Å². The van der Waals surface area contributed by atoms with Crippen LogP contribution >= 0.6 is 0 Å². The second-order valence-corrected chi connectivity index (χ2v) is 6.54. The molecule has 0 aromatic rings. The second-order valence-electron chi connectivity index (χ2n) is 4.71. The van der Waals surface area contributed by atoms with E-state index in [4.69, 9.17) is 5.11 Å². The lowest BCUT2D eigenvalue weighted by Gasteiger charge is -2.39. The Bertz CT molecular complexity index is 368. The Hall–Kier alpha value is -0.820. The molecule has 0 spiro atoms. The van der Waals surface area contributed by atoms with Crippen LogP contribution in [-0.4, -0.2) is 50.4 Å². The van der Waals surface area contributed by atoms with E-state index in [1.165, 1.54) is 4.90 Å². The summed E-state index contributed by atoms with van der Waals surface area (Å²) in [6.07, 6.45) is 1.77. The predicted octanol–water partition coefficient (Wildman–Crippen LogP) is 0.316. The number of nitrogens with one attached hydrogen (secondary N) is 1. The van der Waals surface area contributed by atoms with Crippen molar-refractivity contribution in [1.82, 2.24) is 9.62 Å². The maximum Gasteiger partial charge on any atom is 0.407 e. The molecular formula is C9H18N2O4S. The van der Waals surface area contributed by atoms with Gasteiger partial charge in [-0.05, 0) is 18.3 Å². The Morgan fingerprint density at radius 3 is 2.69 bits per heavy atom. The maximum atomic E-state index is 11.0. The number of piperidine rings is 1. The van der Waals surface area contributed by atoms with Crippen molar-refractivity contribution in [1.29, 1.82) is 0 Å². The van der Waals surface area contributed by atoms with Crippen molar-refractivity contribution in [3.05, 3.63) is 0 Å². The summed E-state index contributed by atoms with van der Waals surface area (Å²) in [6, 6.07) is 0. The molecule has 2 N–H and O–H groups in total. The molecule has 1 atom stereocenters. The Kier molecular flexibility index (Phi) is 3.80. The number of carbonyl (C=O) groups is 1. The molecule has 0 radical (unpaired) electrons. The number of nitrogens with zero attached hydrogens (tertiary/aromatic N) is 1. The van der Waals surface area contributed by atoms with Gasteiger partial charge in [0.2, 0.25) is 10.0 Å². The van der Waals surface area contributed by atoms with Gasteiger partial charge in [0.15, 0.2) is 0 Å². The summed E-state index contributed by atoms with van der Waals surface area (Å²) in [4.78, 5) is 12.2. The third-order valence-electron chi connectivity index (χ3n) is 2.81. The summed E-state index contributed by atoms with van der Waals surface area (Å²) in [5.41, 5.74) is -0.306. The monoisotopic (exact) mass is 250 g/mol. The van der Waals surface area contributed by atoms with Crippen molar-refractivity contribution < 1.29 is 18.3 Å². The van der Waals surface area contributed by atoms with Crippen LogP contribution in [0.1, 0.15) is 19.8 Å². The van der Waals surface area contributed by atoms with Gasteiger partial charge in [-0.15, -0.1) is 0 Å². The van der Waals surface area contributed by atoms with Crippen molar-refractivity contribution >= 4 is 16.1 Å². The van der Waals surface area contributed by atoms with Crippen molar-refractivity contribution in [3.63, 3.8) is 0 Å². The molecule has 1 amide bonds. The topological polar surface area (TPSA) is 86.7 Å². The minimum absolute atomic E-state index is 0.287. The van der Waals surface area contributed by atoms with E-state index in [2.05, 4.69) is 4.72 Å². The first-order valence-electron chi connectivity index (χ1n) is 5.14. The van der Waals surface area contributed by atoms with Crippen molar-refractivity contribution in [2.24, 2.45) is 5.41 Å². The fourth-order valence-electron chi connectivity index (χ4n) is 1.93. The molecule has 0 aromatic carbocycles. The summed E-state index contributed by atoms with van der Waals surface area (Å²) in [6.45, 7) is 3.10. The van der Waals surface area contributed by atoms with Crippen LogP contribution in [0.2, 0.25) is 0 Å². The quantitative estimate of drug-likeness (QED) is 0.755. The smallest absolute Gasteiger partial charge is 0.407 e. The lowest BCUT2D eigenvalue weighted by atomic mass is 9.82. The van der Waals surface area contributed by atoms with Crippen LogP contribution in [0.4, 0.5) is 4.79 Å². The van der Waals surface area contributed by atoms with Gasteiger partial charge in [-0.3, -0.25) is 0 Å². The molecule has 1 fully saturated rings. The number of hydrogen-bond acceptors (Lipinski definition) is 3. The van der Waals surface area contributed by atoms with Crippen LogP contribution in [-0.2, 0) is 10.0 Å². The zero-order valence-corrected chi connectivity index (χ0v) is 10.4. The van der Waals surface area contributed by atoms with E-state index < -0.39 is 16.1 Å². The Morgan fingerprint density at radius 2 is 2.19 bits per heavy atom. The SMILES string of the molecule is CC1(CNS(C)(=O)=O)CCCN(C(=O)O)C1. The third-order valence-corrected chi connectivity index (χ3v) is 3.48. The first-order valence-corrected chi connectivity index (χ1v) is 7.04. The summed E-state index contributed by atoms with van der Waals surface area (Å²) in [5.74, 6) is 0. The largest absolute Gasteiger partial charge is 0.465 e. The van der Waals surface area contributed by atoms with Gasteiger partial charge in [0, 0.05) is 19.6 Å². The summed E-state index contributed by atoms with van der Waals surface area (Å²) < 4.78 is 24.4. The van der Waals surface area contributed by atoms with Crippen LogP contribution in [0.25, 0.3) is 0 Å². The number of rotatable bonds is 3. The van der Waals surface area contributed by atoms with Gasteiger partial charge in [0.05, 0.1) is 6.26 Å². The summed E-state index contributed by atoms with van der Waals surface area (Å²) in [5, 5.41) is 8.89. The predicted molar refractivity (Wildman–Crippen MR) is 59.8 cm³/mol. The first kappa shape index (κ1) is 13.2. The van der Waals surface area contributed by atoms with Crippen molar-refractivity contribution in [2.45, 2.75) is 19.8 Å². The third kappa shape index (κ3) is 3.97. The fourth-order valence-corrected chi connectivity index (χ4v) is 2.54. The molecule has 94 valence electrons. The molecule has 1 aliphatic heterocycles. The van der Waals surface area contributed by atoms with Crippen molar-refractivity contribution in [3.8, 4) is 0 Å². The molecule has 0 saturated carbocycles. The summed E-state index contributed by atoms with van der Waals surface area (Å²) in [7, 11) is -3.22. The maximum absolute atomic E-state index is 11.0. The number of carboxylic acid groups (broad SMARTS) is 1. The molecule has 1 saturated heterocycles. The van der Waals surface area contributed by atoms with Crippen LogP contribution in [0, 0.1) is 5.41 Å². The van der Waals surface area contributed by atoms with Gasteiger partial charge in [-0.25, -0.2) is 17.9 Å². The van der Waals surface area contributed by atoms with Crippen LogP contribution < -0.4 is 4.72 Å². The molecule has 6 nitrogen and oxygen atoms in total. The molecule has 0 aromatic heterocycles. The van der Waals surface area contributed by atoms with E-state index in [1.54, 1.807) is 0 Å². The van der Waals surface area contributed by atoms with Crippen LogP contribution in [0.5, 0.6) is 0 Å². The zero-order valence-electron chi connectivity index (χ0n) is 9.56. The van der Waals surface area contributed by atoms with E-state index in [0.717, 1.165) is 19.1 Å². The summed E-state index contributed by atoms with van der Waals surface area (Å²) >= 11 is 0. The van der Waals surface area contributed by atoms with E-state index in [1.807, 2.05) is 6.92 Å². The lowest BCUT2D eigenvalue weighted by molar-refractivity contribution is 0.0887. The second kappa shape index (κ2) is 4.58. The number of amides is 1. The molecule has 1 unspecified atom stereocenters. The number of sulfonamides is 1. The molecule has 1 aliphatic rings. The van der Waals surface area contributed by atoms with Crippen LogP contribution in [0.3, 0.4) is 0 Å². The average Bonchev–Trinajstić information content (AvgIpc) is 2.14. The highest BCUT2D eigenvalue weighted by atomic mass is 32.2. The lowest BCUT2D eigenvalue weighted by Crippen LogP contribution is -2.49. The first-order chi connectivity index (χ1) is 7.22. The Balaban J connectivity index is 2.59. The van der Waals surface area contributed by atoms with Gasteiger partial charge >= 0.3 is 6.09 Å². The molecular weight excluding hydrogens is 232 g/mol. The minimum Gasteiger partial charge on any atom is -0.465 e. The molecule has 7 heteroatoms. The van der Waals surface area contributed by atoms with E-state index in [0.29, 0.717) is 13.1 Å². The van der Waals surface area contributed by atoms with E-state index in [-0.39, 0.29) is 12.0 Å². The molecule has 16 heavy (non-hydrogen) atoms. The van der Waals surface area contributed by atoms with Gasteiger partial charge in [0.25, 0.3) is 0 Å².